The lowest BCUT2D eigenvalue weighted by atomic mass is 10.1. The number of piperidine rings is 1. The summed E-state index contributed by atoms with van der Waals surface area (Å²) in [4.78, 5) is 30.0. The first-order valence-corrected chi connectivity index (χ1v) is 12.1. The quantitative estimate of drug-likeness (QED) is 0.562. The van der Waals surface area contributed by atoms with Crippen LogP contribution in [-0.4, -0.2) is 72.1 Å². The van der Waals surface area contributed by atoms with Crippen molar-refractivity contribution >= 4 is 29.1 Å². The van der Waals surface area contributed by atoms with Gasteiger partial charge in [-0.2, -0.15) is 0 Å². The highest BCUT2D eigenvalue weighted by Gasteiger charge is 2.25. The van der Waals surface area contributed by atoms with Crippen LogP contribution in [0, 0.1) is 0 Å². The molecule has 1 amide bonds. The number of nitrogens with one attached hydrogen (secondary N) is 2. The first-order chi connectivity index (χ1) is 16.8. The summed E-state index contributed by atoms with van der Waals surface area (Å²) in [5.74, 6) is 1.19. The Labute approximate surface area is 206 Å². The van der Waals surface area contributed by atoms with Crippen LogP contribution in [0.25, 0.3) is 0 Å². The van der Waals surface area contributed by atoms with E-state index in [2.05, 4.69) is 30.4 Å². The number of nitrogen functional groups attached to an aromatic ring is 1. The number of aromatic nitrogens is 3. The summed E-state index contributed by atoms with van der Waals surface area (Å²) >= 11 is 0. The molecular weight excluding hydrogens is 448 g/mol. The van der Waals surface area contributed by atoms with E-state index in [-0.39, 0.29) is 12.1 Å². The van der Waals surface area contributed by atoms with Gasteiger partial charge in [0.25, 0.3) is 0 Å². The van der Waals surface area contributed by atoms with E-state index in [4.69, 9.17) is 20.2 Å². The maximum absolute atomic E-state index is 12.1. The zero-order chi connectivity index (χ0) is 24.8. The fourth-order valence-corrected chi connectivity index (χ4v) is 4.22. The van der Waals surface area contributed by atoms with Gasteiger partial charge in [0, 0.05) is 38.4 Å². The second-order valence-corrected chi connectivity index (χ2v) is 9.81. The van der Waals surface area contributed by atoms with Crippen molar-refractivity contribution in [2.24, 2.45) is 0 Å². The first-order valence-electron chi connectivity index (χ1n) is 12.1. The van der Waals surface area contributed by atoms with Gasteiger partial charge in [-0.1, -0.05) is 0 Å². The minimum Gasteiger partial charge on any atom is -0.444 e. The van der Waals surface area contributed by atoms with E-state index < -0.39 is 5.60 Å². The minimum absolute atomic E-state index is 0.0770. The van der Waals surface area contributed by atoms with Gasteiger partial charge >= 0.3 is 6.09 Å². The zero-order valence-corrected chi connectivity index (χ0v) is 20.8. The normalized spacial score (nSPS) is 17.2. The van der Waals surface area contributed by atoms with Crippen molar-refractivity contribution in [1.82, 2.24) is 20.3 Å². The van der Waals surface area contributed by atoms with Crippen LogP contribution in [0.5, 0.6) is 0 Å². The Hall–Kier alpha value is -3.34. The fourth-order valence-electron chi connectivity index (χ4n) is 4.22. The molecule has 0 bridgehead atoms. The van der Waals surface area contributed by atoms with E-state index in [0.717, 1.165) is 56.2 Å². The topological polar surface area (TPSA) is 131 Å². The van der Waals surface area contributed by atoms with Crippen LogP contribution >= 0.6 is 0 Å². The molecule has 35 heavy (non-hydrogen) atoms. The molecule has 2 aromatic rings. The highest BCUT2D eigenvalue weighted by atomic mass is 16.6. The number of ether oxygens (including phenoxy) is 2. The number of carbonyl (C=O) groups excluding carboxylic acids is 1. The fraction of sp³-hybridized carbons (Fsp3) is 0.583. The molecule has 4 N–H and O–H groups in total. The van der Waals surface area contributed by atoms with Crippen molar-refractivity contribution in [3.8, 4) is 0 Å². The van der Waals surface area contributed by atoms with Gasteiger partial charge in [-0.15, -0.1) is 0 Å². The highest BCUT2D eigenvalue weighted by molar-refractivity contribution is 5.69. The maximum atomic E-state index is 12.1. The van der Waals surface area contributed by atoms with E-state index in [1.807, 2.05) is 33.0 Å². The van der Waals surface area contributed by atoms with Crippen LogP contribution < -0.4 is 26.2 Å². The van der Waals surface area contributed by atoms with Gasteiger partial charge in [0.2, 0.25) is 0 Å². The first kappa shape index (κ1) is 24.8. The number of carbonyl (C=O) groups is 1. The molecule has 2 aromatic heterocycles. The number of hydrogen-bond acceptors (Lipinski definition) is 10. The summed E-state index contributed by atoms with van der Waals surface area (Å²) in [5, 5.41) is 6.40. The predicted octanol–water partition coefficient (Wildman–Crippen LogP) is 2.40. The van der Waals surface area contributed by atoms with Crippen LogP contribution in [0.1, 0.15) is 39.3 Å². The summed E-state index contributed by atoms with van der Waals surface area (Å²) in [7, 11) is 0. The summed E-state index contributed by atoms with van der Waals surface area (Å²) in [5.41, 5.74) is 8.35. The third kappa shape index (κ3) is 6.84. The second-order valence-electron chi connectivity index (χ2n) is 9.81. The summed E-state index contributed by atoms with van der Waals surface area (Å²) < 4.78 is 10.8. The van der Waals surface area contributed by atoms with Gasteiger partial charge in [-0.3, -0.25) is 4.98 Å². The maximum Gasteiger partial charge on any atom is 0.407 e. The zero-order valence-electron chi connectivity index (χ0n) is 20.8. The average Bonchev–Trinajstić information content (AvgIpc) is 2.84. The number of anilines is 4. The molecule has 2 aliphatic heterocycles. The van der Waals surface area contributed by atoms with Crippen molar-refractivity contribution < 1.29 is 14.3 Å². The number of hydrogen-bond donors (Lipinski definition) is 3. The number of alkyl carbamates (subject to hydrolysis) is 1. The van der Waals surface area contributed by atoms with Gasteiger partial charge in [-0.05, 0) is 39.7 Å². The molecule has 0 radical (unpaired) electrons. The van der Waals surface area contributed by atoms with E-state index >= 15 is 0 Å². The number of nitrogens with zero attached hydrogens (tertiary/aromatic N) is 5. The smallest absolute Gasteiger partial charge is 0.407 e. The lowest BCUT2D eigenvalue weighted by Gasteiger charge is -2.33. The lowest BCUT2D eigenvalue weighted by molar-refractivity contribution is 0.0497. The molecule has 0 atom stereocenters. The van der Waals surface area contributed by atoms with Crippen LogP contribution in [0.4, 0.5) is 27.8 Å². The highest BCUT2D eigenvalue weighted by Crippen LogP contribution is 2.27. The molecule has 11 nitrogen and oxygen atoms in total. The van der Waals surface area contributed by atoms with Crippen molar-refractivity contribution in [2.75, 3.05) is 60.2 Å². The Morgan fingerprint density at radius 3 is 2.63 bits per heavy atom. The van der Waals surface area contributed by atoms with Crippen molar-refractivity contribution in [2.45, 2.75) is 51.8 Å². The molecule has 0 aromatic carbocycles. The number of rotatable bonds is 6. The van der Waals surface area contributed by atoms with Crippen LogP contribution in [0.15, 0.2) is 24.7 Å². The van der Waals surface area contributed by atoms with Crippen LogP contribution in [0.2, 0.25) is 0 Å². The molecule has 0 unspecified atom stereocenters. The molecule has 11 heteroatoms. The Morgan fingerprint density at radius 1 is 1.17 bits per heavy atom. The largest absolute Gasteiger partial charge is 0.444 e. The standard InChI is InChI=1S/C24H36N8O3/c1-24(2,3)35-23(33)29-17-5-8-32(9-6-17)21-16-28-22(25)19(30-21)15-27-18-14-26-7-4-20(18)31-10-12-34-13-11-31/h4,7,14,16-17,27H,5-6,8-13,15H2,1-3H3,(H2,25,28)(H,29,33). The van der Waals surface area contributed by atoms with E-state index in [0.29, 0.717) is 31.3 Å². The van der Waals surface area contributed by atoms with Gasteiger partial charge in [0.15, 0.2) is 0 Å². The van der Waals surface area contributed by atoms with E-state index in [9.17, 15) is 4.79 Å². The Bertz CT molecular complexity index is 999. The predicted molar refractivity (Wildman–Crippen MR) is 136 cm³/mol. The third-order valence-corrected chi connectivity index (χ3v) is 6.00. The van der Waals surface area contributed by atoms with Gasteiger partial charge in [0.1, 0.15) is 22.9 Å². The Morgan fingerprint density at radius 2 is 1.91 bits per heavy atom. The monoisotopic (exact) mass is 484 g/mol. The molecule has 4 heterocycles. The van der Waals surface area contributed by atoms with Crippen molar-refractivity contribution in [1.29, 1.82) is 0 Å². The number of morpholine rings is 1. The van der Waals surface area contributed by atoms with E-state index in [1.54, 1.807) is 12.4 Å². The molecule has 4 rings (SSSR count). The molecule has 2 fully saturated rings. The minimum atomic E-state index is -0.506. The Balaban J connectivity index is 1.35. The Kier molecular flexibility index (Phi) is 7.74. The SMILES string of the molecule is CC(C)(C)OC(=O)NC1CCN(c2cnc(N)c(CNc3cnccc3N3CCOCC3)n2)CC1. The number of nitrogens with two attached hydrogens (primary N) is 1. The molecule has 190 valence electrons. The average molecular weight is 485 g/mol. The van der Waals surface area contributed by atoms with Crippen molar-refractivity contribution in [3.63, 3.8) is 0 Å². The summed E-state index contributed by atoms with van der Waals surface area (Å²) in [6.45, 7) is 10.7. The molecule has 0 aliphatic carbocycles. The van der Waals surface area contributed by atoms with Gasteiger partial charge in [0.05, 0.1) is 43.5 Å². The molecular formula is C24H36N8O3. The van der Waals surface area contributed by atoms with Gasteiger partial charge in [-0.25, -0.2) is 14.8 Å². The van der Waals surface area contributed by atoms with Gasteiger partial charge < -0.3 is 35.6 Å². The molecule has 2 saturated heterocycles. The number of amides is 1. The van der Waals surface area contributed by atoms with Crippen LogP contribution in [0.3, 0.4) is 0 Å². The van der Waals surface area contributed by atoms with Crippen LogP contribution in [-0.2, 0) is 16.0 Å². The van der Waals surface area contributed by atoms with E-state index in [1.165, 1.54) is 0 Å². The summed E-state index contributed by atoms with van der Waals surface area (Å²) in [6, 6.07) is 2.09. The third-order valence-electron chi connectivity index (χ3n) is 6.00. The molecule has 0 spiro atoms. The van der Waals surface area contributed by atoms with Crippen molar-refractivity contribution in [3.05, 3.63) is 30.4 Å². The molecule has 0 saturated carbocycles. The summed E-state index contributed by atoms with van der Waals surface area (Å²) in [6.07, 6.45) is 6.56. The number of pyridine rings is 1. The lowest BCUT2D eigenvalue weighted by Crippen LogP contribution is -2.46. The second kappa shape index (κ2) is 10.9. The molecule has 2 aliphatic rings.